The molecule has 1 aliphatic rings. The lowest BCUT2D eigenvalue weighted by Gasteiger charge is -2.32. The zero-order valence-corrected chi connectivity index (χ0v) is 11.7. The van der Waals surface area contributed by atoms with Gasteiger partial charge in [0.15, 0.2) is 5.82 Å². The molecule has 1 fully saturated rings. The summed E-state index contributed by atoms with van der Waals surface area (Å²) in [7, 11) is 0. The van der Waals surface area contributed by atoms with E-state index in [0.717, 1.165) is 56.1 Å². The van der Waals surface area contributed by atoms with Crippen LogP contribution in [-0.4, -0.2) is 28.8 Å². The Morgan fingerprint density at radius 1 is 1.42 bits per heavy atom. The normalized spacial score (nSPS) is 16.8. The molecule has 0 atom stereocenters. The van der Waals surface area contributed by atoms with E-state index < -0.39 is 0 Å². The highest BCUT2D eigenvalue weighted by Crippen LogP contribution is 2.30. The second-order valence-corrected chi connectivity index (χ2v) is 5.21. The van der Waals surface area contributed by atoms with Crippen molar-refractivity contribution in [2.24, 2.45) is 11.7 Å². The van der Waals surface area contributed by atoms with E-state index in [4.69, 9.17) is 11.5 Å². The third-order valence-electron chi connectivity index (χ3n) is 3.78. The van der Waals surface area contributed by atoms with E-state index >= 15 is 0 Å². The largest absolute Gasteiger partial charge is 0.394 e. The summed E-state index contributed by atoms with van der Waals surface area (Å²) in [6.45, 7) is 6.54. The van der Waals surface area contributed by atoms with Crippen molar-refractivity contribution in [3.63, 3.8) is 0 Å². The Hall–Kier alpha value is -1.72. The number of nitrogens with zero attached hydrogens (tertiary/aromatic N) is 3. The average Bonchev–Trinajstić information content (AvgIpc) is 2.66. The molecule has 1 aliphatic heterocycles. The number of nitrogens with two attached hydrogens (primary N) is 2. The quantitative estimate of drug-likeness (QED) is 0.845. The van der Waals surface area contributed by atoms with Gasteiger partial charge in [0, 0.05) is 25.6 Å². The van der Waals surface area contributed by atoms with Crippen LogP contribution in [-0.2, 0) is 11.3 Å². The first-order valence-corrected chi connectivity index (χ1v) is 6.91. The fourth-order valence-electron chi connectivity index (χ4n) is 2.66. The Morgan fingerprint density at radius 3 is 2.58 bits per heavy atom. The molecular weight excluding hydrogens is 242 g/mol. The summed E-state index contributed by atoms with van der Waals surface area (Å²) in [5.41, 5.74) is 13.1. The van der Waals surface area contributed by atoms with Crippen LogP contribution in [0.5, 0.6) is 0 Å². The molecule has 0 saturated carbocycles. The molecule has 0 aliphatic carbocycles. The highest BCUT2D eigenvalue weighted by Gasteiger charge is 2.26. The number of amides is 1. The number of carbonyl (C=O) groups is 1. The third-order valence-corrected chi connectivity index (χ3v) is 3.78. The molecule has 1 amide bonds. The Morgan fingerprint density at radius 2 is 2.05 bits per heavy atom. The molecular formula is C13H23N5O. The number of primary amides is 1. The smallest absolute Gasteiger partial charge is 0.220 e. The molecule has 106 valence electrons. The fourth-order valence-corrected chi connectivity index (χ4v) is 2.66. The fraction of sp³-hybridized carbons (Fsp3) is 0.692. The molecule has 6 heteroatoms. The number of piperidine rings is 1. The maximum Gasteiger partial charge on any atom is 0.220 e. The third kappa shape index (κ3) is 2.67. The topological polar surface area (TPSA) is 90.2 Å². The highest BCUT2D eigenvalue weighted by atomic mass is 16.1. The molecule has 2 heterocycles. The zero-order chi connectivity index (χ0) is 14.0. The van der Waals surface area contributed by atoms with Crippen LogP contribution < -0.4 is 16.4 Å². The van der Waals surface area contributed by atoms with E-state index in [1.54, 1.807) is 0 Å². The Kier molecular flexibility index (Phi) is 3.97. The van der Waals surface area contributed by atoms with Gasteiger partial charge in [0.05, 0.1) is 11.4 Å². The monoisotopic (exact) mass is 265 g/mol. The van der Waals surface area contributed by atoms with E-state index in [1.165, 1.54) is 0 Å². The van der Waals surface area contributed by atoms with Crippen LogP contribution >= 0.6 is 0 Å². The van der Waals surface area contributed by atoms with Gasteiger partial charge in [-0.1, -0.05) is 6.92 Å². The molecule has 19 heavy (non-hydrogen) atoms. The van der Waals surface area contributed by atoms with E-state index in [2.05, 4.69) is 16.9 Å². The van der Waals surface area contributed by atoms with Gasteiger partial charge in [-0.15, -0.1) is 0 Å². The molecule has 1 saturated heterocycles. The lowest BCUT2D eigenvalue weighted by Crippen LogP contribution is -2.39. The second-order valence-electron chi connectivity index (χ2n) is 5.21. The summed E-state index contributed by atoms with van der Waals surface area (Å²) in [5, 5.41) is 4.49. The lowest BCUT2D eigenvalue weighted by molar-refractivity contribution is -0.122. The SMILES string of the molecule is CCCn1nc(C)c(N)c1N1CCC(C(N)=O)CC1. The number of anilines is 2. The Balaban J connectivity index is 2.16. The highest BCUT2D eigenvalue weighted by molar-refractivity contribution is 5.77. The minimum Gasteiger partial charge on any atom is -0.394 e. The van der Waals surface area contributed by atoms with Crippen LogP contribution in [0.2, 0.25) is 0 Å². The van der Waals surface area contributed by atoms with Crippen LogP contribution in [0.3, 0.4) is 0 Å². The van der Waals surface area contributed by atoms with Crippen molar-refractivity contribution in [2.75, 3.05) is 23.7 Å². The van der Waals surface area contributed by atoms with Gasteiger partial charge in [0.1, 0.15) is 0 Å². The summed E-state index contributed by atoms with van der Waals surface area (Å²) in [6.07, 6.45) is 2.61. The first-order chi connectivity index (χ1) is 9.04. The summed E-state index contributed by atoms with van der Waals surface area (Å²) >= 11 is 0. The number of nitrogen functional groups attached to an aromatic ring is 1. The van der Waals surface area contributed by atoms with E-state index in [-0.39, 0.29) is 11.8 Å². The lowest BCUT2D eigenvalue weighted by atomic mass is 9.96. The number of aromatic nitrogens is 2. The number of aryl methyl sites for hydroxylation is 2. The van der Waals surface area contributed by atoms with Gasteiger partial charge in [-0.05, 0) is 26.2 Å². The van der Waals surface area contributed by atoms with Crippen molar-refractivity contribution < 1.29 is 4.79 Å². The molecule has 0 bridgehead atoms. The molecule has 4 N–H and O–H groups in total. The van der Waals surface area contributed by atoms with Crippen molar-refractivity contribution in [1.29, 1.82) is 0 Å². The molecule has 2 rings (SSSR count). The molecule has 1 aromatic heterocycles. The number of carbonyl (C=O) groups excluding carboxylic acids is 1. The number of rotatable bonds is 4. The predicted octanol–water partition coefficient (Wildman–Crippen LogP) is 0.885. The Bertz CT molecular complexity index is 460. The van der Waals surface area contributed by atoms with Crippen molar-refractivity contribution in [3.8, 4) is 0 Å². The van der Waals surface area contributed by atoms with Crippen LogP contribution in [0.25, 0.3) is 0 Å². The van der Waals surface area contributed by atoms with E-state index in [9.17, 15) is 4.79 Å². The molecule has 1 aromatic rings. The van der Waals surface area contributed by atoms with Gasteiger partial charge in [-0.3, -0.25) is 4.79 Å². The number of hydrogen-bond donors (Lipinski definition) is 2. The minimum atomic E-state index is -0.189. The van der Waals surface area contributed by atoms with Crippen LogP contribution in [0.4, 0.5) is 11.5 Å². The van der Waals surface area contributed by atoms with Crippen LogP contribution in [0.1, 0.15) is 31.9 Å². The maximum atomic E-state index is 11.2. The summed E-state index contributed by atoms with van der Waals surface area (Å²) in [4.78, 5) is 13.4. The van der Waals surface area contributed by atoms with Crippen molar-refractivity contribution >= 4 is 17.4 Å². The first kappa shape index (κ1) is 13.7. The van der Waals surface area contributed by atoms with Crippen molar-refractivity contribution in [1.82, 2.24) is 9.78 Å². The van der Waals surface area contributed by atoms with Crippen LogP contribution in [0, 0.1) is 12.8 Å². The van der Waals surface area contributed by atoms with Gasteiger partial charge < -0.3 is 16.4 Å². The van der Waals surface area contributed by atoms with E-state index in [1.807, 2.05) is 11.6 Å². The first-order valence-electron chi connectivity index (χ1n) is 6.91. The number of hydrogen-bond acceptors (Lipinski definition) is 4. The summed E-state index contributed by atoms with van der Waals surface area (Å²) < 4.78 is 1.98. The van der Waals surface area contributed by atoms with Crippen LogP contribution in [0.15, 0.2) is 0 Å². The predicted molar refractivity (Wildman–Crippen MR) is 75.8 cm³/mol. The van der Waals surface area contributed by atoms with Crippen molar-refractivity contribution in [2.45, 2.75) is 39.7 Å². The Labute approximate surface area is 113 Å². The molecule has 0 aromatic carbocycles. The van der Waals surface area contributed by atoms with Crippen molar-refractivity contribution in [3.05, 3.63) is 5.69 Å². The standard InChI is InChI=1S/C13H23N5O/c1-3-6-18-13(11(14)9(2)16-18)17-7-4-10(5-8-17)12(15)19/h10H,3-8,14H2,1-2H3,(H2,15,19). The van der Waals surface area contributed by atoms with Gasteiger partial charge in [0.2, 0.25) is 5.91 Å². The maximum absolute atomic E-state index is 11.2. The minimum absolute atomic E-state index is 0.00104. The van der Waals surface area contributed by atoms with Gasteiger partial charge in [-0.2, -0.15) is 5.10 Å². The molecule has 0 radical (unpaired) electrons. The summed E-state index contributed by atoms with van der Waals surface area (Å²) in [5.74, 6) is 0.814. The molecule has 0 unspecified atom stereocenters. The summed E-state index contributed by atoms with van der Waals surface area (Å²) in [6, 6.07) is 0. The average molecular weight is 265 g/mol. The van der Waals surface area contributed by atoms with Gasteiger partial charge >= 0.3 is 0 Å². The van der Waals surface area contributed by atoms with E-state index in [0.29, 0.717) is 0 Å². The zero-order valence-electron chi connectivity index (χ0n) is 11.7. The second kappa shape index (κ2) is 5.50. The van der Waals surface area contributed by atoms with Gasteiger partial charge in [-0.25, -0.2) is 4.68 Å². The molecule has 0 spiro atoms. The molecule has 6 nitrogen and oxygen atoms in total. The van der Waals surface area contributed by atoms with Gasteiger partial charge in [0.25, 0.3) is 0 Å².